The van der Waals surface area contributed by atoms with Crippen molar-refractivity contribution in [3.8, 4) is 0 Å². The number of rotatable bonds is 3. The molecular weight excluding hydrogens is 344 g/mol. The molecule has 1 heterocycles. The van der Waals surface area contributed by atoms with Gasteiger partial charge in [-0.05, 0) is 47.1 Å². The number of carbonyl (C=O) groups excluding carboxylic acids is 2. The van der Waals surface area contributed by atoms with E-state index < -0.39 is 6.04 Å². The van der Waals surface area contributed by atoms with Gasteiger partial charge in [-0.3, -0.25) is 9.59 Å². The fourth-order valence-corrected chi connectivity index (χ4v) is 2.94. The molecule has 0 spiro atoms. The van der Waals surface area contributed by atoms with Crippen molar-refractivity contribution in [1.82, 2.24) is 0 Å². The van der Waals surface area contributed by atoms with Gasteiger partial charge in [0.15, 0.2) is 0 Å². The Balaban J connectivity index is 1.82. The third kappa shape index (κ3) is 2.76. The van der Waals surface area contributed by atoms with Crippen LogP contribution in [-0.4, -0.2) is 17.9 Å². The number of benzene rings is 2. The van der Waals surface area contributed by atoms with Crippen LogP contribution in [-0.2, 0) is 9.59 Å². The Hall–Kier alpha value is -2.14. The predicted molar refractivity (Wildman–Crippen MR) is 89.8 cm³/mol. The third-order valence-corrected chi connectivity index (χ3v) is 4.30. The van der Waals surface area contributed by atoms with E-state index in [1.54, 1.807) is 12.1 Å². The van der Waals surface area contributed by atoms with Gasteiger partial charge >= 0.3 is 0 Å². The second-order valence-electron chi connectivity index (χ2n) is 5.29. The molecule has 2 aromatic carbocycles. The van der Waals surface area contributed by atoms with Crippen molar-refractivity contribution in [2.24, 2.45) is 0 Å². The number of halogens is 1. The highest BCUT2D eigenvalue weighted by Gasteiger charge is 2.40. The van der Waals surface area contributed by atoms with Gasteiger partial charge in [0, 0.05) is 10.2 Å². The van der Waals surface area contributed by atoms with Gasteiger partial charge in [0.05, 0.1) is 12.1 Å². The van der Waals surface area contributed by atoms with Crippen molar-refractivity contribution in [2.45, 2.75) is 19.4 Å². The number of carbonyl (C=O) groups is 2. The Morgan fingerprint density at radius 1 is 1.09 bits per heavy atom. The third-order valence-electron chi connectivity index (χ3n) is 3.63. The molecule has 4 nitrogen and oxygen atoms in total. The number of hydrogen-bond donors (Lipinski definition) is 1. The molecule has 0 saturated carbocycles. The zero-order chi connectivity index (χ0) is 15.7. The maximum absolute atomic E-state index is 12.6. The van der Waals surface area contributed by atoms with Crippen LogP contribution < -0.4 is 10.2 Å². The van der Waals surface area contributed by atoms with Crippen LogP contribution in [0, 0.1) is 6.92 Å². The molecule has 1 N–H and O–H groups in total. The Kier molecular flexibility index (Phi) is 3.98. The van der Waals surface area contributed by atoms with Crippen molar-refractivity contribution >= 4 is 39.1 Å². The lowest BCUT2D eigenvalue weighted by molar-refractivity contribution is -0.121. The van der Waals surface area contributed by atoms with E-state index in [1.165, 1.54) is 4.90 Å². The molecule has 1 aliphatic rings. The highest BCUT2D eigenvalue weighted by atomic mass is 79.9. The normalized spacial score (nSPS) is 17.9. The van der Waals surface area contributed by atoms with E-state index in [0.29, 0.717) is 5.69 Å². The summed E-state index contributed by atoms with van der Waals surface area (Å²) in [6.45, 7) is 2.00. The van der Waals surface area contributed by atoms with Crippen molar-refractivity contribution in [3.05, 3.63) is 58.6 Å². The molecule has 1 saturated heterocycles. The second kappa shape index (κ2) is 5.93. The van der Waals surface area contributed by atoms with Gasteiger partial charge in [-0.25, -0.2) is 4.90 Å². The molecular formula is C17H15BrN2O2. The molecule has 5 heteroatoms. The number of imide groups is 1. The van der Waals surface area contributed by atoms with Gasteiger partial charge in [0.25, 0.3) is 5.91 Å². The van der Waals surface area contributed by atoms with Crippen molar-refractivity contribution in [3.63, 3.8) is 0 Å². The summed E-state index contributed by atoms with van der Waals surface area (Å²) >= 11 is 3.39. The first-order valence-corrected chi connectivity index (χ1v) is 7.80. The zero-order valence-electron chi connectivity index (χ0n) is 12.0. The van der Waals surface area contributed by atoms with E-state index in [2.05, 4.69) is 21.2 Å². The lowest BCUT2D eigenvalue weighted by atomic mass is 10.2. The Morgan fingerprint density at radius 2 is 1.77 bits per heavy atom. The summed E-state index contributed by atoms with van der Waals surface area (Å²) in [5, 5.41) is 3.14. The fraction of sp³-hybridized carbons (Fsp3) is 0.176. The van der Waals surface area contributed by atoms with Crippen molar-refractivity contribution < 1.29 is 9.59 Å². The molecule has 1 atom stereocenters. The van der Waals surface area contributed by atoms with Crippen LogP contribution in [0.1, 0.15) is 12.0 Å². The number of nitrogens with one attached hydrogen (secondary N) is 1. The van der Waals surface area contributed by atoms with Crippen LogP contribution in [0.15, 0.2) is 53.0 Å². The summed E-state index contributed by atoms with van der Waals surface area (Å²) in [5.74, 6) is -0.418. The first kappa shape index (κ1) is 14.8. The topological polar surface area (TPSA) is 49.4 Å². The smallest absolute Gasteiger partial charge is 0.256 e. The molecule has 1 aliphatic heterocycles. The van der Waals surface area contributed by atoms with Gasteiger partial charge in [-0.15, -0.1) is 0 Å². The minimum Gasteiger partial charge on any atom is -0.373 e. The molecule has 0 radical (unpaired) electrons. The number of aryl methyl sites for hydroxylation is 1. The van der Waals surface area contributed by atoms with Gasteiger partial charge in [-0.1, -0.05) is 29.8 Å². The molecule has 0 unspecified atom stereocenters. The van der Waals surface area contributed by atoms with E-state index in [-0.39, 0.29) is 18.2 Å². The van der Waals surface area contributed by atoms with Crippen LogP contribution in [0.2, 0.25) is 0 Å². The Labute approximate surface area is 137 Å². The van der Waals surface area contributed by atoms with E-state index in [0.717, 1.165) is 15.7 Å². The van der Waals surface area contributed by atoms with Gasteiger partial charge in [0.1, 0.15) is 6.04 Å². The maximum Gasteiger partial charge on any atom is 0.256 e. The van der Waals surface area contributed by atoms with Gasteiger partial charge in [-0.2, -0.15) is 0 Å². The largest absolute Gasteiger partial charge is 0.373 e. The Morgan fingerprint density at radius 3 is 2.45 bits per heavy atom. The molecule has 22 heavy (non-hydrogen) atoms. The van der Waals surface area contributed by atoms with E-state index in [4.69, 9.17) is 0 Å². The van der Waals surface area contributed by atoms with E-state index >= 15 is 0 Å². The van der Waals surface area contributed by atoms with E-state index in [9.17, 15) is 9.59 Å². The molecule has 0 aliphatic carbocycles. The van der Waals surface area contributed by atoms with Crippen LogP contribution in [0.5, 0.6) is 0 Å². The summed E-state index contributed by atoms with van der Waals surface area (Å²) < 4.78 is 0.729. The molecule has 112 valence electrons. The molecule has 0 bridgehead atoms. The average molecular weight is 359 g/mol. The Bertz CT molecular complexity index is 728. The average Bonchev–Trinajstić information content (AvgIpc) is 2.77. The number of hydrogen-bond acceptors (Lipinski definition) is 3. The number of nitrogens with zero attached hydrogens (tertiary/aromatic N) is 1. The molecule has 1 fully saturated rings. The van der Waals surface area contributed by atoms with Gasteiger partial charge < -0.3 is 5.32 Å². The molecule has 0 aromatic heterocycles. The van der Waals surface area contributed by atoms with Crippen molar-refractivity contribution in [2.75, 3.05) is 10.2 Å². The molecule has 2 amide bonds. The first-order valence-electron chi connectivity index (χ1n) is 7.01. The lowest BCUT2D eigenvalue weighted by Crippen LogP contribution is -2.35. The SMILES string of the molecule is Cc1ccc(N[C@@H]2CC(=O)N(c3ccccc3Br)C2=O)cc1. The summed E-state index contributed by atoms with van der Waals surface area (Å²) in [6, 6.07) is 14.5. The maximum atomic E-state index is 12.6. The van der Waals surface area contributed by atoms with E-state index in [1.807, 2.05) is 43.3 Å². The lowest BCUT2D eigenvalue weighted by Gasteiger charge is -2.17. The van der Waals surface area contributed by atoms with Crippen LogP contribution in [0.3, 0.4) is 0 Å². The second-order valence-corrected chi connectivity index (χ2v) is 6.14. The number of anilines is 2. The highest BCUT2D eigenvalue weighted by molar-refractivity contribution is 9.10. The van der Waals surface area contributed by atoms with Crippen LogP contribution >= 0.6 is 15.9 Å². The summed E-state index contributed by atoms with van der Waals surface area (Å²) in [6.07, 6.45) is 0.161. The molecule has 2 aromatic rings. The fourth-order valence-electron chi connectivity index (χ4n) is 2.48. The standard InChI is InChI=1S/C17H15BrN2O2/c1-11-6-8-12(9-7-11)19-14-10-16(21)20(17(14)22)15-5-3-2-4-13(15)18/h2-9,14,19H,10H2,1H3/t14-/m1/s1. The monoisotopic (exact) mass is 358 g/mol. The van der Waals surface area contributed by atoms with Crippen LogP contribution in [0.4, 0.5) is 11.4 Å². The number of amides is 2. The highest BCUT2D eigenvalue weighted by Crippen LogP contribution is 2.31. The van der Waals surface area contributed by atoms with Crippen molar-refractivity contribution in [1.29, 1.82) is 0 Å². The van der Waals surface area contributed by atoms with Gasteiger partial charge in [0.2, 0.25) is 5.91 Å². The summed E-state index contributed by atoms with van der Waals surface area (Å²) in [7, 11) is 0. The molecule has 3 rings (SSSR count). The first-order chi connectivity index (χ1) is 10.6. The zero-order valence-corrected chi connectivity index (χ0v) is 13.6. The minimum absolute atomic E-state index is 0.161. The quantitative estimate of drug-likeness (QED) is 0.854. The predicted octanol–water partition coefficient (Wildman–Crippen LogP) is 3.50. The van der Waals surface area contributed by atoms with Crippen LogP contribution in [0.25, 0.3) is 0 Å². The number of para-hydroxylation sites is 1. The summed E-state index contributed by atoms with van der Waals surface area (Å²) in [5.41, 5.74) is 2.57. The minimum atomic E-state index is -0.526. The summed E-state index contributed by atoms with van der Waals surface area (Å²) in [4.78, 5) is 26.0.